The lowest BCUT2D eigenvalue weighted by Crippen LogP contribution is -2.34. The number of methoxy groups -OCH3 is 2. The average Bonchev–Trinajstić information content (AvgIpc) is 2.76. The molecular weight excluding hydrogens is 414 g/mol. The van der Waals surface area contributed by atoms with E-state index in [2.05, 4.69) is 16.0 Å². The number of hydrogen-bond acceptors (Lipinski definition) is 6. The molecule has 3 N–H and O–H groups in total. The molecular formula is C23H29N3O6. The number of benzene rings is 2. The van der Waals surface area contributed by atoms with Crippen LogP contribution in [0.15, 0.2) is 42.5 Å². The highest BCUT2D eigenvalue weighted by Gasteiger charge is 2.19. The molecule has 0 aliphatic carbocycles. The molecule has 3 amide bonds. The molecule has 0 radical (unpaired) electrons. The summed E-state index contributed by atoms with van der Waals surface area (Å²) in [6.07, 6.45) is 0. The Hall–Kier alpha value is -3.75. The van der Waals surface area contributed by atoms with E-state index in [0.29, 0.717) is 11.5 Å². The van der Waals surface area contributed by atoms with E-state index in [-0.39, 0.29) is 17.3 Å². The molecule has 0 saturated heterocycles. The number of carbonyl (C=O) groups is 3. The van der Waals surface area contributed by atoms with Gasteiger partial charge in [-0.25, -0.2) is 9.59 Å². The third kappa shape index (κ3) is 6.90. The number of para-hydroxylation sites is 1. The molecule has 2 aromatic rings. The van der Waals surface area contributed by atoms with Crippen LogP contribution in [0.4, 0.5) is 10.5 Å². The summed E-state index contributed by atoms with van der Waals surface area (Å²) in [7, 11) is 3.09. The van der Waals surface area contributed by atoms with Crippen LogP contribution in [-0.4, -0.2) is 44.8 Å². The number of rotatable bonds is 9. The minimum Gasteiger partial charge on any atom is -0.497 e. The first kappa shape index (κ1) is 24.5. The van der Waals surface area contributed by atoms with Crippen molar-refractivity contribution in [3.63, 3.8) is 0 Å². The lowest BCUT2D eigenvalue weighted by molar-refractivity contribution is -0.124. The second kappa shape index (κ2) is 11.6. The molecule has 2 aromatic carbocycles. The zero-order valence-electron chi connectivity index (χ0n) is 18.9. The Balaban J connectivity index is 1.99. The summed E-state index contributed by atoms with van der Waals surface area (Å²) >= 11 is 0. The van der Waals surface area contributed by atoms with Gasteiger partial charge in [-0.1, -0.05) is 12.1 Å². The van der Waals surface area contributed by atoms with E-state index in [0.717, 1.165) is 5.56 Å². The van der Waals surface area contributed by atoms with E-state index in [9.17, 15) is 14.4 Å². The molecule has 2 rings (SSSR count). The highest BCUT2D eigenvalue weighted by atomic mass is 16.5. The maximum absolute atomic E-state index is 12.5. The zero-order valence-corrected chi connectivity index (χ0v) is 18.9. The fraction of sp³-hybridized carbons (Fsp3) is 0.348. The number of anilines is 1. The van der Waals surface area contributed by atoms with Crippen molar-refractivity contribution < 1.29 is 28.6 Å². The number of esters is 1. The van der Waals surface area contributed by atoms with Gasteiger partial charge < -0.3 is 30.2 Å². The van der Waals surface area contributed by atoms with E-state index >= 15 is 0 Å². The van der Waals surface area contributed by atoms with Gasteiger partial charge >= 0.3 is 12.0 Å². The molecule has 0 saturated carbocycles. The van der Waals surface area contributed by atoms with E-state index in [1.807, 2.05) is 13.8 Å². The van der Waals surface area contributed by atoms with Crippen LogP contribution in [0.25, 0.3) is 0 Å². The zero-order chi connectivity index (χ0) is 23.7. The fourth-order valence-corrected chi connectivity index (χ4v) is 2.94. The van der Waals surface area contributed by atoms with E-state index in [4.69, 9.17) is 14.2 Å². The van der Waals surface area contributed by atoms with Gasteiger partial charge in [0, 0.05) is 11.6 Å². The van der Waals surface area contributed by atoms with Crippen molar-refractivity contribution in [1.82, 2.24) is 10.6 Å². The predicted molar refractivity (Wildman–Crippen MR) is 120 cm³/mol. The Morgan fingerprint density at radius 1 is 0.938 bits per heavy atom. The molecule has 0 heterocycles. The normalized spacial score (nSPS) is 11.3. The minimum atomic E-state index is -0.729. The van der Waals surface area contributed by atoms with Crippen molar-refractivity contribution in [1.29, 1.82) is 0 Å². The smallest absolute Gasteiger partial charge is 0.340 e. The largest absolute Gasteiger partial charge is 0.497 e. The van der Waals surface area contributed by atoms with Gasteiger partial charge in [-0.2, -0.15) is 0 Å². The summed E-state index contributed by atoms with van der Waals surface area (Å²) < 4.78 is 15.7. The highest BCUT2D eigenvalue weighted by Crippen LogP contribution is 2.29. The number of amides is 3. The Kier molecular flexibility index (Phi) is 8.88. The molecule has 1 atom stereocenters. The summed E-state index contributed by atoms with van der Waals surface area (Å²) in [5.74, 6) is 0.000123. The molecule has 32 heavy (non-hydrogen) atoms. The van der Waals surface area contributed by atoms with Crippen LogP contribution in [-0.2, 0) is 9.53 Å². The van der Waals surface area contributed by atoms with Gasteiger partial charge in [-0.15, -0.1) is 0 Å². The molecule has 0 aliphatic heterocycles. The molecule has 0 aliphatic rings. The van der Waals surface area contributed by atoms with Gasteiger partial charge in [0.1, 0.15) is 11.5 Å². The third-order valence-corrected chi connectivity index (χ3v) is 4.43. The Morgan fingerprint density at radius 2 is 1.66 bits per heavy atom. The minimum absolute atomic E-state index is 0.0667. The quantitative estimate of drug-likeness (QED) is 0.513. The first-order chi connectivity index (χ1) is 15.2. The molecule has 9 heteroatoms. The van der Waals surface area contributed by atoms with Crippen LogP contribution in [0.5, 0.6) is 11.5 Å². The van der Waals surface area contributed by atoms with E-state index in [1.54, 1.807) is 50.4 Å². The van der Waals surface area contributed by atoms with Gasteiger partial charge in [-0.05, 0) is 51.1 Å². The molecule has 172 valence electrons. The highest BCUT2D eigenvalue weighted by molar-refractivity contribution is 6.01. The second-order valence-electron chi connectivity index (χ2n) is 7.27. The predicted octanol–water partition coefficient (Wildman–Crippen LogP) is 3.27. The van der Waals surface area contributed by atoms with E-state index in [1.165, 1.54) is 13.2 Å². The van der Waals surface area contributed by atoms with Gasteiger partial charge in [0.2, 0.25) is 0 Å². The van der Waals surface area contributed by atoms with Crippen LogP contribution < -0.4 is 25.4 Å². The number of ether oxygens (including phenoxy) is 3. The second-order valence-corrected chi connectivity index (χ2v) is 7.27. The van der Waals surface area contributed by atoms with Crippen LogP contribution in [0.1, 0.15) is 42.7 Å². The van der Waals surface area contributed by atoms with E-state index < -0.39 is 30.6 Å². The van der Waals surface area contributed by atoms with Gasteiger partial charge in [0.25, 0.3) is 5.91 Å². The lowest BCUT2D eigenvalue weighted by atomic mass is 10.1. The van der Waals surface area contributed by atoms with Crippen LogP contribution in [0.3, 0.4) is 0 Å². The number of nitrogens with one attached hydrogen (secondary N) is 3. The van der Waals surface area contributed by atoms with Crippen LogP contribution in [0.2, 0.25) is 0 Å². The third-order valence-electron chi connectivity index (χ3n) is 4.43. The Bertz CT molecular complexity index is 960. The molecule has 1 unspecified atom stereocenters. The first-order valence-electron chi connectivity index (χ1n) is 10.1. The number of urea groups is 1. The van der Waals surface area contributed by atoms with Crippen molar-refractivity contribution in [3.8, 4) is 11.5 Å². The first-order valence-corrected chi connectivity index (χ1v) is 10.1. The summed E-state index contributed by atoms with van der Waals surface area (Å²) in [5, 5.41) is 8.05. The maximum atomic E-state index is 12.5. The summed E-state index contributed by atoms with van der Waals surface area (Å²) in [6, 6.07) is 10.7. The van der Waals surface area contributed by atoms with Crippen LogP contribution in [0, 0.1) is 0 Å². The van der Waals surface area contributed by atoms with Gasteiger partial charge in [0.05, 0.1) is 31.5 Å². The van der Waals surface area contributed by atoms with Crippen molar-refractivity contribution >= 4 is 23.6 Å². The van der Waals surface area contributed by atoms with Crippen molar-refractivity contribution in [2.45, 2.75) is 32.9 Å². The summed E-state index contributed by atoms with van der Waals surface area (Å²) in [4.78, 5) is 36.8. The fourth-order valence-electron chi connectivity index (χ4n) is 2.94. The molecule has 0 bridgehead atoms. The Labute approximate surface area is 187 Å². The monoisotopic (exact) mass is 443 g/mol. The van der Waals surface area contributed by atoms with Crippen molar-refractivity contribution in [3.05, 3.63) is 53.6 Å². The number of carbonyl (C=O) groups excluding carboxylic acids is 3. The topological polar surface area (TPSA) is 115 Å². The van der Waals surface area contributed by atoms with Gasteiger partial charge in [-0.3, -0.25) is 4.79 Å². The van der Waals surface area contributed by atoms with Crippen molar-refractivity contribution in [2.75, 3.05) is 26.1 Å². The lowest BCUT2D eigenvalue weighted by Gasteiger charge is -2.18. The summed E-state index contributed by atoms with van der Waals surface area (Å²) in [6.45, 7) is 4.94. The molecule has 0 aromatic heterocycles. The molecule has 9 nitrogen and oxygen atoms in total. The van der Waals surface area contributed by atoms with Crippen molar-refractivity contribution in [2.24, 2.45) is 0 Å². The summed E-state index contributed by atoms with van der Waals surface area (Å²) in [5.41, 5.74) is 1.14. The molecule has 0 spiro atoms. The standard InChI is InChI=1S/C23H29N3O6/c1-14(2)24-23(29)26-19-9-7-6-8-17(19)22(28)32-13-21(27)25-15(3)18-12-16(30-4)10-11-20(18)31-5/h6-12,14-15H,13H2,1-5H3,(H,25,27)(H2,24,26,29). The Morgan fingerprint density at radius 3 is 2.31 bits per heavy atom. The average molecular weight is 444 g/mol. The number of hydrogen-bond donors (Lipinski definition) is 3. The molecule has 0 fully saturated rings. The van der Waals surface area contributed by atoms with Crippen LogP contribution >= 0.6 is 0 Å². The maximum Gasteiger partial charge on any atom is 0.340 e. The SMILES string of the molecule is COc1ccc(OC)c(C(C)NC(=O)COC(=O)c2ccccc2NC(=O)NC(C)C)c1. The van der Waals surface area contributed by atoms with Gasteiger partial charge in [0.15, 0.2) is 6.61 Å².